The van der Waals surface area contributed by atoms with E-state index in [2.05, 4.69) is 0 Å². The van der Waals surface area contributed by atoms with E-state index >= 15 is 0 Å². The molecule has 0 saturated heterocycles. The lowest BCUT2D eigenvalue weighted by atomic mass is 9.98. The summed E-state index contributed by atoms with van der Waals surface area (Å²) >= 11 is 1.75. The molecule has 1 aromatic carbocycles. The molecule has 2 aliphatic rings. The predicted octanol–water partition coefficient (Wildman–Crippen LogP) is 2.32. The van der Waals surface area contributed by atoms with Crippen molar-refractivity contribution in [2.45, 2.75) is 24.7 Å². The molecule has 0 spiro atoms. The standard InChI is InChI=1S/C14H13NO2S/c1-7-4-5-9-11-8(3-2-6-18-9)12(14(15)17)13(16)10(7)11/h4-5H,2-3,6H2,1H3,(H2,15,17). The van der Waals surface area contributed by atoms with Crippen molar-refractivity contribution < 1.29 is 9.59 Å². The van der Waals surface area contributed by atoms with Crippen molar-refractivity contribution in [1.29, 1.82) is 0 Å². The molecule has 0 atom stereocenters. The van der Waals surface area contributed by atoms with Crippen LogP contribution in [0.15, 0.2) is 22.6 Å². The number of Topliss-reactive ketones (excluding diaryl/α,β-unsaturated/α-hetero) is 1. The van der Waals surface area contributed by atoms with Gasteiger partial charge in [0.2, 0.25) is 0 Å². The average Bonchev–Trinajstić information content (AvgIpc) is 2.48. The van der Waals surface area contributed by atoms with Crippen LogP contribution in [0, 0.1) is 6.92 Å². The highest BCUT2D eigenvalue weighted by molar-refractivity contribution is 7.99. The maximum Gasteiger partial charge on any atom is 0.252 e. The minimum Gasteiger partial charge on any atom is -0.365 e. The third kappa shape index (κ3) is 1.45. The summed E-state index contributed by atoms with van der Waals surface area (Å²) in [5.74, 6) is 0.233. The number of allylic oxidation sites excluding steroid dienone is 1. The molecule has 18 heavy (non-hydrogen) atoms. The first kappa shape index (κ1) is 11.5. The first-order valence-corrected chi connectivity index (χ1v) is 6.94. The molecule has 1 aromatic rings. The molecule has 1 amide bonds. The summed E-state index contributed by atoms with van der Waals surface area (Å²) in [5, 5.41) is 0. The number of carbonyl (C=O) groups is 2. The van der Waals surface area contributed by atoms with E-state index in [9.17, 15) is 9.59 Å². The molecule has 0 bridgehead atoms. The normalized spacial score (nSPS) is 17.7. The lowest BCUT2D eigenvalue weighted by molar-refractivity contribution is -0.114. The fourth-order valence-electron chi connectivity index (χ4n) is 2.73. The Bertz CT molecular complexity index is 616. The Morgan fingerprint density at radius 3 is 2.83 bits per heavy atom. The predicted molar refractivity (Wildman–Crippen MR) is 71.6 cm³/mol. The van der Waals surface area contributed by atoms with E-state index in [1.807, 2.05) is 19.1 Å². The van der Waals surface area contributed by atoms with Gasteiger partial charge in [-0.2, -0.15) is 0 Å². The van der Waals surface area contributed by atoms with E-state index in [0.717, 1.165) is 40.2 Å². The van der Waals surface area contributed by atoms with Gasteiger partial charge >= 0.3 is 0 Å². The number of benzene rings is 1. The van der Waals surface area contributed by atoms with Gasteiger partial charge in [0.05, 0.1) is 5.57 Å². The molecule has 4 heteroatoms. The van der Waals surface area contributed by atoms with Crippen molar-refractivity contribution >= 4 is 29.0 Å². The molecule has 3 nitrogen and oxygen atoms in total. The number of carbonyl (C=O) groups excluding carboxylic acids is 2. The van der Waals surface area contributed by atoms with E-state index < -0.39 is 5.91 Å². The van der Waals surface area contributed by atoms with Crippen molar-refractivity contribution in [2.24, 2.45) is 5.73 Å². The Balaban J connectivity index is 2.36. The zero-order valence-corrected chi connectivity index (χ0v) is 10.9. The van der Waals surface area contributed by atoms with Gasteiger partial charge in [-0.3, -0.25) is 9.59 Å². The van der Waals surface area contributed by atoms with Gasteiger partial charge in [0.15, 0.2) is 5.78 Å². The van der Waals surface area contributed by atoms with Gasteiger partial charge in [0.25, 0.3) is 5.91 Å². The monoisotopic (exact) mass is 259 g/mol. The van der Waals surface area contributed by atoms with Gasteiger partial charge in [-0.25, -0.2) is 0 Å². The number of nitrogens with two attached hydrogens (primary N) is 1. The third-order valence-electron chi connectivity index (χ3n) is 3.51. The van der Waals surface area contributed by atoms with E-state index in [1.165, 1.54) is 0 Å². The van der Waals surface area contributed by atoms with E-state index in [1.54, 1.807) is 11.8 Å². The van der Waals surface area contributed by atoms with E-state index in [-0.39, 0.29) is 11.4 Å². The highest BCUT2D eigenvalue weighted by Crippen LogP contribution is 2.45. The topological polar surface area (TPSA) is 60.2 Å². The van der Waals surface area contributed by atoms with Crippen LogP contribution in [-0.2, 0) is 4.79 Å². The van der Waals surface area contributed by atoms with Crippen molar-refractivity contribution in [3.8, 4) is 0 Å². The van der Waals surface area contributed by atoms with Gasteiger partial charge in [-0.05, 0) is 42.7 Å². The molecule has 3 rings (SSSR count). The second-order valence-corrected chi connectivity index (χ2v) is 5.77. The zero-order valence-electron chi connectivity index (χ0n) is 10.1. The van der Waals surface area contributed by atoms with Gasteiger partial charge in [0.1, 0.15) is 0 Å². The molecular formula is C14H13NO2S. The van der Waals surface area contributed by atoms with E-state index in [4.69, 9.17) is 5.73 Å². The number of thioether (sulfide) groups is 1. The van der Waals surface area contributed by atoms with Crippen LogP contribution in [0.4, 0.5) is 0 Å². The Labute approximate surface area is 109 Å². The molecule has 0 radical (unpaired) electrons. The Kier molecular flexibility index (Phi) is 2.55. The van der Waals surface area contributed by atoms with Crippen molar-refractivity contribution in [3.63, 3.8) is 0 Å². The summed E-state index contributed by atoms with van der Waals surface area (Å²) < 4.78 is 0. The average molecular weight is 259 g/mol. The van der Waals surface area contributed by atoms with Crippen LogP contribution >= 0.6 is 11.8 Å². The summed E-state index contributed by atoms with van der Waals surface area (Å²) in [6.45, 7) is 1.91. The Hall–Kier alpha value is -1.55. The van der Waals surface area contributed by atoms with Crippen LogP contribution in [0.1, 0.15) is 34.3 Å². The van der Waals surface area contributed by atoms with Crippen LogP contribution < -0.4 is 5.73 Å². The van der Waals surface area contributed by atoms with Crippen LogP contribution in [0.2, 0.25) is 0 Å². The van der Waals surface area contributed by atoms with Gasteiger partial charge in [0, 0.05) is 16.0 Å². The molecule has 0 saturated carbocycles. The number of rotatable bonds is 1. The van der Waals surface area contributed by atoms with Crippen LogP contribution in [0.3, 0.4) is 0 Å². The zero-order chi connectivity index (χ0) is 12.9. The number of aryl methyl sites for hydroxylation is 1. The maximum atomic E-state index is 12.4. The summed E-state index contributed by atoms with van der Waals surface area (Å²) in [7, 11) is 0. The summed E-state index contributed by atoms with van der Waals surface area (Å²) in [6, 6.07) is 3.99. The van der Waals surface area contributed by atoms with E-state index in [0.29, 0.717) is 5.56 Å². The highest BCUT2D eigenvalue weighted by Gasteiger charge is 2.36. The Morgan fingerprint density at radius 2 is 2.11 bits per heavy atom. The molecule has 0 unspecified atom stereocenters. The maximum absolute atomic E-state index is 12.4. The van der Waals surface area contributed by atoms with Crippen molar-refractivity contribution in [3.05, 3.63) is 34.4 Å². The van der Waals surface area contributed by atoms with Gasteiger partial charge < -0.3 is 5.73 Å². The fraction of sp³-hybridized carbons (Fsp3) is 0.286. The van der Waals surface area contributed by atoms with Crippen molar-refractivity contribution in [2.75, 3.05) is 5.75 Å². The molecule has 0 fully saturated rings. The molecule has 92 valence electrons. The quantitative estimate of drug-likeness (QED) is 0.787. The first-order valence-electron chi connectivity index (χ1n) is 5.95. The molecule has 1 aliphatic carbocycles. The number of ketones is 1. The first-order chi connectivity index (χ1) is 8.61. The lowest BCUT2D eigenvalue weighted by Crippen LogP contribution is -2.19. The van der Waals surface area contributed by atoms with Crippen molar-refractivity contribution in [1.82, 2.24) is 0 Å². The third-order valence-corrected chi connectivity index (χ3v) is 4.65. The smallest absolute Gasteiger partial charge is 0.252 e. The summed E-state index contributed by atoms with van der Waals surface area (Å²) in [6.07, 6.45) is 1.73. The van der Waals surface area contributed by atoms with Crippen LogP contribution in [0.5, 0.6) is 0 Å². The molecule has 1 heterocycles. The molecule has 2 N–H and O–H groups in total. The summed E-state index contributed by atoms with van der Waals surface area (Å²) in [4.78, 5) is 25.0. The number of amides is 1. The minimum absolute atomic E-state index is 0.186. The van der Waals surface area contributed by atoms with Gasteiger partial charge in [-0.1, -0.05) is 6.07 Å². The Morgan fingerprint density at radius 1 is 1.33 bits per heavy atom. The van der Waals surface area contributed by atoms with Crippen LogP contribution in [0.25, 0.3) is 5.57 Å². The van der Waals surface area contributed by atoms with Gasteiger partial charge in [-0.15, -0.1) is 11.8 Å². The van der Waals surface area contributed by atoms with Crippen LogP contribution in [-0.4, -0.2) is 17.4 Å². The fourth-order valence-corrected chi connectivity index (χ4v) is 3.77. The second kappa shape index (κ2) is 3.99. The number of hydrogen-bond acceptors (Lipinski definition) is 3. The SMILES string of the molecule is Cc1ccc2c3c1C(=O)C(C(N)=O)=C3CCCS2. The lowest BCUT2D eigenvalue weighted by Gasteiger charge is -2.08. The largest absolute Gasteiger partial charge is 0.365 e. The summed E-state index contributed by atoms with van der Waals surface area (Å²) in [5.41, 5.74) is 9.04. The number of primary amides is 1. The number of hydrogen-bond donors (Lipinski definition) is 1. The highest BCUT2D eigenvalue weighted by atomic mass is 32.2. The minimum atomic E-state index is -0.594. The molecular weight excluding hydrogens is 246 g/mol. The molecule has 1 aliphatic heterocycles. The second-order valence-electron chi connectivity index (χ2n) is 4.63. The molecule has 0 aromatic heterocycles.